The lowest BCUT2D eigenvalue weighted by atomic mass is 10.2. The molecule has 6 heteroatoms. The maximum Gasteiger partial charge on any atom is 0.146 e. The van der Waals surface area contributed by atoms with E-state index < -0.39 is 0 Å². The van der Waals surface area contributed by atoms with E-state index in [0.717, 1.165) is 12.1 Å². The molecular formula is C8H14Cl3N3. The van der Waals surface area contributed by atoms with Gasteiger partial charge in [-0.25, -0.2) is 4.68 Å². The molecule has 0 aliphatic heterocycles. The number of rotatable bonds is 3. The summed E-state index contributed by atoms with van der Waals surface area (Å²) in [5, 5.41) is 5.23. The zero-order valence-corrected chi connectivity index (χ0v) is 10.5. The van der Waals surface area contributed by atoms with Crippen molar-refractivity contribution < 1.29 is 0 Å². The van der Waals surface area contributed by atoms with E-state index in [9.17, 15) is 0 Å². The highest BCUT2D eigenvalue weighted by Gasteiger charge is 2.16. The first-order valence-corrected chi connectivity index (χ1v) is 4.97. The molecule has 1 aromatic heterocycles. The molecule has 0 saturated heterocycles. The van der Waals surface area contributed by atoms with Crippen LogP contribution in [-0.4, -0.2) is 16.3 Å². The van der Waals surface area contributed by atoms with Crippen molar-refractivity contribution in [1.82, 2.24) is 9.78 Å². The van der Waals surface area contributed by atoms with E-state index in [1.807, 2.05) is 13.8 Å². The van der Waals surface area contributed by atoms with Gasteiger partial charge >= 0.3 is 0 Å². The minimum absolute atomic E-state index is 0. The second-order valence-electron chi connectivity index (χ2n) is 2.93. The van der Waals surface area contributed by atoms with Gasteiger partial charge in [-0.3, -0.25) is 0 Å². The molecule has 14 heavy (non-hydrogen) atoms. The average molecular weight is 259 g/mol. The monoisotopic (exact) mass is 257 g/mol. The van der Waals surface area contributed by atoms with Gasteiger partial charge in [-0.15, -0.1) is 12.4 Å². The highest BCUT2D eigenvalue weighted by atomic mass is 35.5. The van der Waals surface area contributed by atoms with Crippen LogP contribution in [0.25, 0.3) is 0 Å². The number of nitrogens with two attached hydrogens (primary N) is 1. The molecule has 1 heterocycles. The van der Waals surface area contributed by atoms with Crippen molar-refractivity contribution in [2.24, 2.45) is 5.73 Å². The van der Waals surface area contributed by atoms with Crippen LogP contribution in [0.5, 0.6) is 0 Å². The number of nitrogens with zero attached hydrogens (tertiary/aromatic N) is 2. The van der Waals surface area contributed by atoms with Crippen LogP contribution in [0.4, 0.5) is 0 Å². The SMILES string of the molecule is CCC(CN)n1nc(C)c(Cl)c1Cl.Cl. The fourth-order valence-electron chi connectivity index (χ4n) is 1.18. The molecule has 82 valence electrons. The Morgan fingerprint density at radius 3 is 2.36 bits per heavy atom. The van der Waals surface area contributed by atoms with Crippen LogP contribution < -0.4 is 5.73 Å². The summed E-state index contributed by atoms with van der Waals surface area (Å²) in [4.78, 5) is 0. The Balaban J connectivity index is 0.00000169. The molecule has 0 radical (unpaired) electrons. The van der Waals surface area contributed by atoms with Crippen molar-refractivity contribution in [3.8, 4) is 0 Å². The van der Waals surface area contributed by atoms with Gasteiger partial charge in [0.1, 0.15) is 10.2 Å². The van der Waals surface area contributed by atoms with Crippen molar-refractivity contribution in [2.45, 2.75) is 26.3 Å². The Morgan fingerprint density at radius 2 is 2.07 bits per heavy atom. The van der Waals surface area contributed by atoms with Gasteiger partial charge < -0.3 is 5.73 Å². The molecule has 0 spiro atoms. The summed E-state index contributed by atoms with van der Waals surface area (Å²) in [6, 6.07) is 0.138. The molecule has 1 aromatic rings. The molecule has 1 atom stereocenters. The molecule has 0 aromatic carbocycles. The molecule has 0 aliphatic rings. The van der Waals surface area contributed by atoms with Gasteiger partial charge in [0.25, 0.3) is 0 Å². The van der Waals surface area contributed by atoms with Crippen molar-refractivity contribution >= 4 is 35.6 Å². The third kappa shape index (κ3) is 2.54. The maximum atomic E-state index is 5.98. The smallest absolute Gasteiger partial charge is 0.146 e. The Hall–Kier alpha value is 0.0400. The lowest BCUT2D eigenvalue weighted by molar-refractivity contribution is 0.448. The van der Waals surface area contributed by atoms with E-state index in [4.69, 9.17) is 28.9 Å². The first-order chi connectivity index (χ1) is 6.11. The highest BCUT2D eigenvalue weighted by molar-refractivity contribution is 6.41. The second kappa shape index (κ2) is 5.81. The third-order valence-corrected chi connectivity index (χ3v) is 2.96. The van der Waals surface area contributed by atoms with Gasteiger partial charge in [0.15, 0.2) is 0 Å². The summed E-state index contributed by atoms with van der Waals surface area (Å²) >= 11 is 11.9. The summed E-state index contributed by atoms with van der Waals surface area (Å²) in [6.45, 7) is 4.39. The van der Waals surface area contributed by atoms with Crippen LogP contribution >= 0.6 is 35.6 Å². The molecule has 0 saturated carbocycles. The summed E-state index contributed by atoms with van der Waals surface area (Å²) in [5.74, 6) is 0. The number of hydrogen-bond donors (Lipinski definition) is 1. The lowest BCUT2D eigenvalue weighted by Crippen LogP contribution is -2.19. The van der Waals surface area contributed by atoms with Crippen molar-refractivity contribution in [2.75, 3.05) is 6.54 Å². The molecule has 1 unspecified atom stereocenters. The van der Waals surface area contributed by atoms with Crippen LogP contribution in [0.2, 0.25) is 10.2 Å². The van der Waals surface area contributed by atoms with E-state index in [-0.39, 0.29) is 18.4 Å². The van der Waals surface area contributed by atoms with Crippen LogP contribution in [0.3, 0.4) is 0 Å². The second-order valence-corrected chi connectivity index (χ2v) is 3.67. The summed E-state index contributed by atoms with van der Waals surface area (Å²) in [5.41, 5.74) is 6.33. The molecule has 0 bridgehead atoms. The minimum atomic E-state index is 0. The topological polar surface area (TPSA) is 43.8 Å². The number of hydrogen-bond acceptors (Lipinski definition) is 2. The van der Waals surface area contributed by atoms with E-state index in [1.165, 1.54) is 0 Å². The van der Waals surface area contributed by atoms with Gasteiger partial charge in [0.2, 0.25) is 0 Å². The number of aromatic nitrogens is 2. The van der Waals surface area contributed by atoms with Gasteiger partial charge in [-0.05, 0) is 13.3 Å². The van der Waals surface area contributed by atoms with Gasteiger partial charge in [-0.1, -0.05) is 30.1 Å². The molecule has 0 aliphatic carbocycles. The number of halogens is 3. The largest absolute Gasteiger partial charge is 0.328 e. The van der Waals surface area contributed by atoms with E-state index in [2.05, 4.69) is 5.10 Å². The molecule has 0 amide bonds. The summed E-state index contributed by atoms with van der Waals surface area (Å²) in [6.07, 6.45) is 0.896. The quantitative estimate of drug-likeness (QED) is 0.906. The van der Waals surface area contributed by atoms with Crippen LogP contribution in [-0.2, 0) is 0 Å². The first kappa shape index (κ1) is 14.0. The molecule has 2 N–H and O–H groups in total. The Morgan fingerprint density at radius 1 is 1.50 bits per heavy atom. The van der Waals surface area contributed by atoms with Crippen molar-refractivity contribution in [3.05, 3.63) is 15.9 Å². The summed E-state index contributed by atoms with van der Waals surface area (Å²) < 4.78 is 1.69. The fraction of sp³-hybridized carbons (Fsp3) is 0.625. The predicted molar refractivity (Wildman–Crippen MR) is 62.6 cm³/mol. The Bertz CT molecular complexity index is 294. The van der Waals surface area contributed by atoms with Gasteiger partial charge in [0, 0.05) is 6.54 Å². The highest BCUT2D eigenvalue weighted by Crippen LogP contribution is 2.28. The third-order valence-electron chi connectivity index (χ3n) is 2.05. The maximum absolute atomic E-state index is 5.98. The van der Waals surface area contributed by atoms with Crippen LogP contribution in [0.15, 0.2) is 0 Å². The zero-order valence-electron chi connectivity index (χ0n) is 8.13. The van der Waals surface area contributed by atoms with E-state index in [0.29, 0.717) is 16.7 Å². The zero-order chi connectivity index (χ0) is 10.0. The first-order valence-electron chi connectivity index (χ1n) is 4.22. The molecule has 0 fully saturated rings. The van der Waals surface area contributed by atoms with Gasteiger partial charge in [0.05, 0.1) is 11.7 Å². The van der Waals surface area contributed by atoms with Crippen molar-refractivity contribution in [1.29, 1.82) is 0 Å². The fourth-order valence-corrected chi connectivity index (χ4v) is 1.62. The average Bonchev–Trinajstić information content (AvgIpc) is 2.36. The minimum Gasteiger partial charge on any atom is -0.328 e. The Kier molecular flexibility index (Phi) is 5.83. The normalized spacial score (nSPS) is 12.4. The molecular weight excluding hydrogens is 244 g/mol. The molecule has 1 rings (SSSR count). The molecule has 3 nitrogen and oxygen atoms in total. The standard InChI is InChI=1S/C8H13Cl2N3.ClH/c1-3-6(4-11)13-8(10)7(9)5(2)12-13;/h6H,3-4,11H2,1-2H3;1H. The lowest BCUT2D eigenvalue weighted by Gasteiger charge is -2.13. The van der Waals surface area contributed by atoms with Crippen molar-refractivity contribution in [3.63, 3.8) is 0 Å². The van der Waals surface area contributed by atoms with Gasteiger partial charge in [-0.2, -0.15) is 5.10 Å². The van der Waals surface area contributed by atoms with E-state index in [1.54, 1.807) is 4.68 Å². The van der Waals surface area contributed by atoms with Crippen LogP contribution in [0.1, 0.15) is 25.1 Å². The van der Waals surface area contributed by atoms with Crippen LogP contribution in [0, 0.1) is 6.92 Å². The van der Waals surface area contributed by atoms with E-state index >= 15 is 0 Å². The summed E-state index contributed by atoms with van der Waals surface area (Å²) in [7, 11) is 0. The predicted octanol–water partition coefficient (Wildman–Crippen LogP) is 2.83. The number of aryl methyl sites for hydroxylation is 1. The Labute approximate surface area is 100.0 Å².